The molecule has 8 nitrogen and oxygen atoms in total. The van der Waals surface area contributed by atoms with Crippen LogP contribution in [0.4, 0.5) is 10.5 Å². The molecule has 0 aliphatic carbocycles. The first-order chi connectivity index (χ1) is 18.3. The van der Waals surface area contributed by atoms with E-state index in [4.69, 9.17) is 14.2 Å². The molecule has 4 amide bonds. The maximum atomic E-state index is 13.3. The Balaban J connectivity index is 1.64. The predicted octanol–water partition coefficient (Wildman–Crippen LogP) is 6.25. The van der Waals surface area contributed by atoms with E-state index >= 15 is 0 Å². The minimum absolute atomic E-state index is 0.199. The smallest absolute Gasteiger partial charge is 0.335 e. The van der Waals surface area contributed by atoms with Gasteiger partial charge >= 0.3 is 6.03 Å². The second-order valence-electron chi connectivity index (χ2n) is 8.03. The van der Waals surface area contributed by atoms with Crippen LogP contribution in [-0.2, 0) is 16.2 Å². The maximum Gasteiger partial charge on any atom is 0.335 e. The highest BCUT2D eigenvalue weighted by Crippen LogP contribution is 2.38. The summed E-state index contributed by atoms with van der Waals surface area (Å²) in [5, 5.41) is 2.23. The average molecular weight is 644 g/mol. The van der Waals surface area contributed by atoms with Crippen LogP contribution in [0.2, 0.25) is 0 Å². The van der Waals surface area contributed by atoms with Crippen LogP contribution < -0.4 is 24.4 Å². The Morgan fingerprint density at radius 1 is 0.868 bits per heavy atom. The number of imide groups is 2. The molecule has 4 rings (SSSR count). The molecule has 0 aromatic heterocycles. The number of urea groups is 1. The van der Waals surface area contributed by atoms with Crippen LogP contribution in [0.3, 0.4) is 0 Å². The molecule has 0 unspecified atom stereocenters. The van der Waals surface area contributed by atoms with Crippen molar-refractivity contribution in [1.29, 1.82) is 0 Å². The summed E-state index contributed by atoms with van der Waals surface area (Å²) in [7, 11) is 0. The van der Waals surface area contributed by atoms with Crippen LogP contribution in [0, 0.1) is 0 Å². The lowest BCUT2D eigenvalue weighted by atomic mass is 10.1. The molecule has 1 aliphatic heterocycles. The number of nitrogens with zero attached hydrogens (tertiary/aromatic N) is 1. The Morgan fingerprint density at radius 2 is 1.58 bits per heavy atom. The highest BCUT2D eigenvalue weighted by atomic mass is 79.9. The van der Waals surface area contributed by atoms with Crippen molar-refractivity contribution in [2.24, 2.45) is 0 Å². The number of rotatable bonds is 9. The maximum absolute atomic E-state index is 13.3. The number of carbonyl (C=O) groups excluding carboxylic acids is 3. The third kappa shape index (κ3) is 6.08. The summed E-state index contributed by atoms with van der Waals surface area (Å²) in [5.74, 6) is -0.0146. The zero-order valence-corrected chi connectivity index (χ0v) is 23.8. The topological polar surface area (TPSA) is 94.2 Å². The molecule has 1 fully saturated rings. The van der Waals surface area contributed by atoms with E-state index in [1.807, 2.05) is 38.1 Å². The molecule has 3 aromatic carbocycles. The number of nitrogens with one attached hydrogen (secondary N) is 1. The number of benzene rings is 3. The van der Waals surface area contributed by atoms with Gasteiger partial charge in [-0.05, 0) is 83.9 Å². The molecule has 1 heterocycles. The van der Waals surface area contributed by atoms with Crippen molar-refractivity contribution in [2.75, 3.05) is 18.1 Å². The van der Waals surface area contributed by atoms with Crippen LogP contribution >= 0.6 is 31.9 Å². The van der Waals surface area contributed by atoms with Gasteiger partial charge in [-0.3, -0.25) is 14.9 Å². The number of hydrogen-bond donors (Lipinski definition) is 1. The second kappa shape index (κ2) is 12.3. The zero-order chi connectivity index (χ0) is 27.2. The predicted molar refractivity (Wildman–Crippen MR) is 150 cm³/mol. The minimum Gasteiger partial charge on any atom is -0.494 e. The van der Waals surface area contributed by atoms with Crippen LogP contribution in [0.15, 0.2) is 75.2 Å². The molecular formula is C28H24Br2N2O6. The standard InChI is InChI=1S/C28H24Br2N2O6/c1-3-36-20-11-9-19(10-12-20)32-27(34)21(26(33)31-28(32)35)13-17-14-23(30)25(24(15-17)37-4-2)38-16-18-7-5-6-8-22(18)29/h5-15H,3-4,16H2,1-2H3,(H,31,33,35)/b21-13+. The Bertz CT molecular complexity index is 1400. The van der Waals surface area contributed by atoms with Crippen LogP contribution in [-0.4, -0.2) is 31.1 Å². The first-order valence-corrected chi connectivity index (χ1v) is 13.4. The van der Waals surface area contributed by atoms with Gasteiger partial charge in [-0.2, -0.15) is 0 Å². The Kier molecular flexibility index (Phi) is 8.85. The van der Waals surface area contributed by atoms with E-state index in [9.17, 15) is 14.4 Å². The molecule has 0 atom stereocenters. The van der Waals surface area contributed by atoms with Gasteiger partial charge in [0.05, 0.1) is 23.4 Å². The van der Waals surface area contributed by atoms with Crippen molar-refractivity contribution in [3.8, 4) is 17.2 Å². The summed E-state index contributed by atoms with van der Waals surface area (Å²) in [6.07, 6.45) is 1.41. The number of carbonyl (C=O) groups is 3. The largest absolute Gasteiger partial charge is 0.494 e. The number of amides is 4. The fraction of sp³-hybridized carbons (Fsp3) is 0.179. The van der Waals surface area contributed by atoms with E-state index in [-0.39, 0.29) is 5.57 Å². The van der Waals surface area contributed by atoms with Gasteiger partial charge in [-0.15, -0.1) is 0 Å². The van der Waals surface area contributed by atoms with Crippen molar-refractivity contribution in [2.45, 2.75) is 20.5 Å². The molecule has 38 heavy (non-hydrogen) atoms. The van der Waals surface area contributed by atoms with Crippen molar-refractivity contribution < 1.29 is 28.6 Å². The molecule has 196 valence electrons. The summed E-state index contributed by atoms with van der Waals surface area (Å²) in [6.45, 7) is 4.85. The number of barbiturate groups is 1. The molecular weight excluding hydrogens is 620 g/mol. The second-order valence-corrected chi connectivity index (χ2v) is 9.74. The Morgan fingerprint density at radius 3 is 2.26 bits per heavy atom. The SMILES string of the molecule is CCOc1ccc(N2C(=O)NC(=O)/C(=C\c3cc(Br)c(OCc4ccccc4Br)c(OCC)c3)C2=O)cc1. The number of hydrogen-bond acceptors (Lipinski definition) is 6. The first-order valence-electron chi connectivity index (χ1n) is 11.8. The molecule has 0 radical (unpaired) electrons. The van der Waals surface area contributed by atoms with Crippen LogP contribution in [0.5, 0.6) is 17.2 Å². The third-order valence-corrected chi connectivity index (χ3v) is 6.84. The Hall–Kier alpha value is -3.63. The van der Waals surface area contributed by atoms with E-state index in [0.717, 1.165) is 14.9 Å². The van der Waals surface area contributed by atoms with E-state index in [1.165, 1.54) is 6.08 Å². The lowest BCUT2D eigenvalue weighted by Crippen LogP contribution is -2.54. The molecule has 1 N–H and O–H groups in total. The molecule has 10 heteroatoms. The zero-order valence-electron chi connectivity index (χ0n) is 20.6. The van der Waals surface area contributed by atoms with Crippen LogP contribution in [0.25, 0.3) is 6.08 Å². The van der Waals surface area contributed by atoms with Gasteiger partial charge in [-0.1, -0.05) is 34.1 Å². The lowest BCUT2D eigenvalue weighted by Gasteiger charge is -2.26. The summed E-state index contributed by atoms with van der Waals surface area (Å²) in [6, 6.07) is 16.7. The van der Waals surface area contributed by atoms with E-state index in [0.29, 0.717) is 52.8 Å². The van der Waals surface area contributed by atoms with Crippen molar-refractivity contribution in [1.82, 2.24) is 5.32 Å². The monoisotopic (exact) mass is 642 g/mol. The third-order valence-electron chi connectivity index (χ3n) is 5.48. The summed E-state index contributed by atoms with van der Waals surface area (Å²) in [5.41, 5.74) is 1.57. The van der Waals surface area contributed by atoms with Crippen molar-refractivity contribution >= 4 is 61.5 Å². The minimum atomic E-state index is -0.826. The summed E-state index contributed by atoms with van der Waals surface area (Å²) < 4.78 is 18.8. The number of halogens is 2. The highest BCUT2D eigenvalue weighted by molar-refractivity contribution is 9.10. The van der Waals surface area contributed by atoms with E-state index in [2.05, 4.69) is 37.2 Å². The quantitative estimate of drug-likeness (QED) is 0.219. The average Bonchev–Trinajstić information content (AvgIpc) is 2.88. The fourth-order valence-corrected chi connectivity index (χ4v) is 4.73. The van der Waals surface area contributed by atoms with Gasteiger partial charge in [0, 0.05) is 10.0 Å². The molecule has 0 bridgehead atoms. The first kappa shape index (κ1) is 27.4. The van der Waals surface area contributed by atoms with Gasteiger partial charge in [-0.25, -0.2) is 9.69 Å². The highest BCUT2D eigenvalue weighted by Gasteiger charge is 2.37. The van der Waals surface area contributed by atoms with E-state index in [1.54, 1.807) is 36.4 Å². The number of anilines is 1. The van der Waals surface area contributed by atoms with Crippen LogP contribution in [0.1, 0.15) is 25.0 Å². The molecule has 0 saturated carbocycles. The van der Waals surface area contributed by atoms with E-state index < -0.39 is 17.8 Å². The molecule has 3 aromatic rings. The fourth-order valence-electron chi connectivity index (χ4n) is 3.76. The van der Waals surface area contributed by atoms with Crippen molar-refractivity contribution in [3.63, 3.8) is 0 Å². The lowest BCUT2D eigenvalue weighted by molar-refractivity contribution is -0.122. The summed E-state index contributed by atoms with van der Waals surface area (Å²) >= 11 is 7.04. The summed E-state index contributed by atoms with van der Waals surface area (Å²) in [4.78, 5) is 39.4. The molecule has 1 aliphatic rings. The number of ether oxygens (including phenoxy) is 3. The normalized spacial score (nSPS) is 14.5. The van der Waals surface area contributed by atoms with Gasteiger partial charge in [0.2, 0.25) is 0 Å². The Labute approximate surface area is 236 Å². The van der Waals surface area contributed by atoms with Crippen molar-refractivity contribution in [3.05, 3.63) is 86.3 Å². The van der Waals surface area contributed by atoms with Gasteiger partial charge in [0.1, 0.15) is 17.9 Å². The van der Waals surface area contributed by atoms with Gasteiger partial charge in [0.15, 0.2) is 11.5 Å². The molecule has 1 saturated heterocycles. The van der Waals surface area contributed by atoms with Gasteiger partial charge < -0.3 is 14.2 Å². The van der Waals surface area contributed by atoms with Gasteiger partial charge in [0.25, 0.3) is 11.8 Å². The molecule has 0 spiro atoms.